The van der Waals surface area contributed by atoms with Crippen LogP contribution in [0.15, 0.2) is 59.8 Å². The number of carbonyl (C=O) groups is 1. The molecule has 3 heterocycles. The van der Waals surface area contributed by atoms with Crippen LogP contribution in [0.1, 0.15) is 23.0 Å². The van der Waals surface area contributed by atoms with Crippen molar-refractivity contribution in [3.8, 4) is 5.69 Å². The van der Waals surface area contributed by atoms with Crippen LogP contribution < -0.4 is 5.69 Å². The Bertz CT molecular complexity index is 1290. The van der Waals surface area contributed by atoms with E-state index in [1.807, 2.05) is 13.1 Å². The van der Waals surface area contributed by atoms with Crippen molar-refractivity contribution in [2.75, 3.05) is 13.2 Å². The molecular formula is C23H22F3N5O3. The lowest BCUT2D eigenvalue weighted by atomic mass is 9.84. The summed E-state index contributed by atoms with van der Waals surface area (Å²) < 4.78 is 48.7. The first-order chi connectivity index (χ1) is 16.2. The van der Waals surface area contributed by atoms with Crippen molar-refractivity contribution in [3.63, 3.8) is 0 Å². The Labute approximate surface area is 192 Å². The van der Waals surface area contributed by atoms with Crippen molar-refractivity contribution < 1.29 is 22.7 Å². The van der Waals surface area contributed by atoms with E-state index in [4.69, 9.17) is 4.74 Å². The number of rotatable bonds is 8. The average molecular weight is 473 g/mol. The lowest BCUT2D eigenvalue weighted by Gasteiger charge is -2.33. The van der Waals surface area contributed by atoms with Gasteiger partial charge in [0.2, 0.25) is 0 Å². The molecule has 8 nitrogen and oxygen atoms in total. The van der Waals surface area contributed by atoms with Crippen molar-refractivity contribution in [1.29, 1.82) is 0 Å². The van der Waals surface area contributed by atoms with E-state index >= 15 is 0 Å². The average Bonchev–Trinajstić information content (AvgIpc) is 3.31. The molecule has 1 saturated heterocycles. The van der Waals surface area contributed by atoms with E-state index in [0.29, 0.717) is 25.2 Å². The highest BCUT2D eigenvalue weighted by atomic mass is 19.4. The summed E-state index contributed by atoms with van der Waals surface area (Å²) in [6, 6.07) is 6.99. The number of aryl methyl sites for hydroxylation is 1. The number of imidazole rings is 1. The van der Waals surface area contributed by atoms with E-state index in [1.54, 1.807) is 29.1 Å². The van der Waals surface area contributed by atoms with Gasteiger partial charge in [0.05, 0.1) is 36.9 Å². The zero-order chi connectivity index (χ0) is 24.5. The first kappa shape index (κ1) is 23.4. The molecule has 3 aromatic rings. The number of benzene rings is 1. The summed E-state index contributed by atoms with van der Waals surface area (Å²) in [4.78, 5) is 24.3. The maximum Gasteiger partial charge on any atom is 0.394 e. The number of nitrogens with zero attached hydrogens (tertiary/aromatic N) is 5. The predicted molar refractivity (Wildman–Crippen MR) is 117 cm³/mol. The van der Waals surface area contributed by atoms with Crippen LogP contribution >= 0.6 is 0 Å². The Morgan fingerprint density at radius 1 is 1.35 bits per heavy atom. The standard InChI is InChI=1S/C23H22F3N5O3/c1-3-15(11-32)9-30-19(8-23(24,25)26)10-31(22(30)33)18-6-4-5-16(7-18)20(17-12-34-13-17)21-28-27-14-29(21)2/h3-7,9-11,14,17,20H,1,8,12-13H2,2H3/b15-9+. The number of hydrogen-bond donors (Lipinski definition) is 0. The first-order valence-corrected chi connectivity index (χ1v) is 10.4. The topological polar surface area (TPSA) is 83.9 Å². The molecular weight excluding hydrogens is 451 g/mol. The Morgan fingerprint density at radius 2 is 2.12 bits per heavy atom. The van der Waals surface area contributed by atoms with Gasteiger partial charge in [-0.2, -0.15) is 13.2 Å². The number of aromatic nitrogens is 5. The molecule has 0 saturated carbocycles. The second-order valence-corrected chi connectivity index (χ2v) is 8.06. The summed E-state index contributed by atoms with van der Waals surface area (Å²) in [6.45, 7) is 4.52. The van der Waals surface area contributed by atoms with Crippen LogP contribution in [0.5, 0.6) is 0 Å². The maximum atomic E-state index is 13.2. The second kappa shape index (κ2) is 9.26. The Morgan fingerprint density at radius 3 is 2.68 bits per heavy atom. The molecule has 1 aromatic carbocycles. The Hall–Kier alpha value is -3.73. The molecule has 0 bridgehead atoms. The molecule has 0 aliphatic carbocycles. The molecule has 4 rings (SSSR count). The van der Waals surface area contributed by atoms with Crippen LogP contribution in [0, 0.1) is 5.92 Å². The lowest BCUT2D eigenvalue weighted by Crippen LogP contribution is -2.35. The highest BCUT2D eigenvalue weighted by Gasteiger charge is 2.34. The SMILES string of the molecule is C=C/C(C=O)=C\n1c(CC(F)(F)F)cn(-c2cccc(C(c3nncn3C)C3COC3)c2)c1=O. The fourth-order valence-corrected chi connectivity index (χ4v) is 3.97. The van der Waals surface area contributed by atoms with E-state index in [2.05, 4.69) is 16.8 Å². The summed E-state index contributed by atoms with van der Waals surface area (Å²) in [7, 11) is 1.83. The smallest absolute Gasteiger partial charge is 0.381 e. The van der Waals surface area contributed by atoms with E-state index < -0.39 is 18.3 Å². The van der Waals surface area contributed by atoms with E-state index in [1.165, 1.54) is 6.08 Å². The minimum absolute atomic E-state index is 0.0237. The summed E-state index contributed by atoms with van der Waals surface area (Å²) in [5, 5.41) is 8.20. The fourth-order valence-electron chi connectivity index (χ4n) is 3.97. The molecule has 11 heteroatoms. The van der Waals surface area contributed by atoms with Gasteiger partial charge in [-0.25, -0.2) is 4.79 Å². The van der Waals surface area contributed by atoms with Crippen molar-refractivity contribution >= 4 is 12.5 Å². The third-order valence-electron chi connectivity index (χ3n) is 5.70. The Balaban J connectivity index is 1.82. The zero-order valence-electron chi connectivity index (χ0n) is 18.3. The van der Waals surface area contributed by atoms with Crippen molar-refractivity contribution in [2.24, 2.45) is 13.0 Å². The van der Waals surface area contributed by atoms with Crippen LogP contribution in [0.3, 0.4) is 0 Å². The zero-order valence-corrected chi connectivity index (χ0v) is 18.3. The van der Waals surface area contributed by atoms with Gasteiger partial charge in [0.15, 0.2) is 6.29 Å². The monoisotopic (exact) mass is 473 g/mol. The highest BCUT2D eigenvalue weighted by molar-refractivity contribution is 5.82. The van der Waals surface area contributed by atoms with Gasteiger partial charge < -0.3 is 9.30 Å². The number of ether oxygens (including phenoxy) is 1. The minimum atomic E-state index is -4.55. The molecule has 0 amide bonds. The number of aldehydes is 1. The molecule has 0 radical (unpaired) electrons. The van der Waals surface area contributed by atoms with Gasteiger partial charge in [-0.05, 0) is 17.7 Å². The van der Waals surface area contributed by atoms with Gasteiger partial charge in [0, 0.05) is 30.9 Å². The fraction of sp³-hybridized carbons (Fsp3) is 0.304. The van der Waals surface area contributed by atoms with E-state index in [-0.39, 0.29) is 23.1 Å². The van der Waals surface area contributed by atoms with Gasteiger partial charge in [0.25, 0.3) is 0 Å². The molecule has 1 fully saturated rings. The van der Waals surface area contributed by atoms with E-state index in [0.717, 1.165) is 32.9 Å². The summed E-state index contributed by atoms with van der Waals surface area (Å²) >= 11 is 0. The predicted octanol–water partition coefficient (Wildman–Crippen LogP) is 2.88. The van der Waals surface area contributed by atoms with Gasteiger partial charge >= 0.3 is 11.9 Å². The first-order valence-electron chi connectivity index (χ1n) is 10.4. The number of hydrogen-bond acceptors (Lipinski definition) is 5. The van der Waals surface area contributed by atoms with Crippen LogP contribution in [0.2, 0.25) is 0 Å². The van der Waals surface area contributed by atoms with Gasteiger partial charge in [0.1, 0.15) is 12.2 Å². The summed E-state index contributed by atoms with van der Waals surface area (Å²) in [6.07, 6.45) is -0.515. The quantitative estimate of drug-likeness (QED) is 0.285. The number of allylic oxidation sites excluding steroid dienone is 2. The molecule has 2 aromatic heterocycles. The number of alkyl halides is 3. The largest absolute Gasteiger partial charge is 0.394 e. The van der Waals surface area contributed by atoms with Crippen LogP contribution in [-0.2, 0) is 23.0 Å². The molecule has 1 atom stereocenters. The molecule has 1 unspecified atom stereocenters. The van der Waals surface area contributed by atoms with Crippen molar-refractivity contribution in [1.82, 2.24) is 23.9 Å². The summed E-state index contributed by atoms with van der Waals surface area (Å²) in [5.74, 6) is 0.694. The lowest BCUT2D eigenvalue weighted by molar-refractivity contribution is -0.128. The van der Waals surface area contributed by atoms with Crippen LogP contribution in [0.4, 0.5) is 13.2 Å². The molecule has 0 spiro atoms. The number of carbonyl (C=O) groups excluding carboxylic acids is 1. The third kappa shape index (κ3) is 4.65. The van der Waals surface area contributed by atoms with Crippen LogP contribution in [-0.4, -0.2) is 49.6 Å². The maximum absolute atomic E-state index is 13.2. The second-order valence-electron chi connectivity index (χ2n) is 8.06. The van der Waals surface area contributed by atoms with Crippen molar-refractivity contribution in [2.45, 2.75) is 18.5 Å². The highest BCUT2D eigenvalue weighted by Crippen LogP contribution is 2.35. The van der Waals surface area contributed by atoms with Crippen molar-refractivity contribution in [3.05, 3.63) is 82.6 Å². The van der Waals surface area contributed by atoms with Gasteiger partial charge in [-0.1, -0.05) is 24.8 Å². The molecule has 1 aliphatic heterocycles. The summed E-state index contributed by atoms with van der Waals surface area (Å²) in [5.41, 5.74) is 0.149. The van der Waals surface area contributed by atoms with E-state index in [9.17, 15) is 22.8 Å². The Kier molecular flexibility index (Phi) is 6.38. The van der Waals surface area contributed by atoms with Gasteiger partial charge in [-0.3, -0.25) is 13.9 Å². The third-order valence-corrected chi connectivity index (χ3v) is 5.70. The number of halogens is 3. The van der Waals surface area contributed by atoms with Gasteiger partial charge in [-0.15, -0.1) is 10.2 Å². The van der Waals surface area contributed by atoms with Crippen LogP contribution in [0.25, 0.3) is 11.9 Å². The minimum Gasteiger partial charge on any atom is -0.381 e. The normalized spacial score (nSPS) is 15.7. The molecule has 34 heavy (non-hydrogen) atoms. The molecule has 178 valence electrons. The molecule has 1 aliphatic rings. The molecule has 0 N–H and O–H groups in total.